The molecule has 5 heteroatoms. The highest BCUT2D eigenvalue weighted by Gasteiger charge is 2.16. The standard InChI is InChI=1S/C30H28N2O3/c33-29(31-21-19-23-11-3-1-4-12-23)25-15-7-9-17-27(25)32-30(34)26-16-8-10-18-28(26)35-22-20-24-13-5-2-6-14-24/h1-18H,19-22H2,(H,31,33)(H,32,34). The zero-order valence-electron chi connectivity index (χ0n) is 19.4. The third-order valence-electron chi connectivity index (χ3n) is 5.58. The summed E-state index contributed by atoms with van der Waals surface area (Å²) in [6, 6.07) is 34.2. The first kappa shape index (κ1) is 23.8. The van der Waals surface area contributed by atoms with Crippen LogP contribution < -0.4 is 15.4 Å². The summed E-state index contributed by atoms with van der Waals surface area (Å²) < 4.78 is 5.93. The van der Waals surface area contributed by atoms with Crippen molar-refractivity contribution in [3.63, 3.8) is 0 Å². The van der Waals surface area contributed by atoms with Crippen LogP contribution >= 0.6 is 0 Å². The minimum Gasteiger partial charge on any atom is -0.492 e. The van der Waals surface area contributed by atoms with Gasteiger partial charge in [-0.2, -0.15) is 0 Å². The topological polar surface area (TPSA) is 67.4 Å². The highest BCUT2D eigenvalue weighted by Crippen LogP contribution is 2.22. The van der Waals surface area contributed by atoms with Gasteiger partial charge in [0.1, 0.15) is 5.75 Å². The zero-order valence-corrected chi connectivity index (χ0v) is 19.4. The molecule has 0 bridgehead atoms. The molecular weight excluding hydrogens is 436 g/mol. The number of carbonyl (C=O) groups excluding carboxylic acids is 2. The van der Waals surface area contributed by atoms with Gasteiger partial charge in [-0.3, -0.25) is 9.59 Å². The van der Waals surface area contributed by atoms with Gasteiger partial charge in [-0.05, 0) is 41.8 Å². The fraction of sp³-hybridized carbons (Fsp3) is 0.133. The minimum absolute atomic E-state index is 0.232. The van der Waals surface area contributed by atoms with Gasteiger partial charge in [-0.25, -0.2) is 0 Å². The van der Waals surface area contributed by atoms with Gasteiger partial charge in [0.05, 0.1) is 23.4 Å². The second-order valence-electron chi connectivity index (χ2n) is 8.07. The number of benzene rings is 4. The molecule has 0 aliphatic rings. The molecule has 0 aliphatic heterocycles. The van der Waals surface area contributed by atoms with Gasteiger partial charge in [-0.1, -0.05) is 84.9 Å². The molecule has 0 fully saturated rings. The van der Waals surface area contributed by atoms with Crippen molar-refractivity contribution >= 4 is 17.5 Å². The minimum atomic E-state index is -0.329. The Morgan fingerprint density at radius 1 is 0.600 bits per heavy atom. The van der Waals surface area contributed by atoms with E-state index in [1.807, 2.05) is 66.7 Å². The van der Waals surface area contributed by atoms with Crippen LogP contribution in [-0.4, -0.2) is 25.0 Å². The van der Waals surface area contributed by atoms with Crippen LogP contribution in [0.25, 0.3) is 0 Å². The number of anilines is 1. The first-order valence-electron chi connectivity index (χ1n) is 11.7. The molecular formula is C30H28N2O3. The van der Waals surface area contributed by atoms with E-state index in [0.717, 1.165) is 18.4 Å². The van der Waals surface area contributed by atoms with Gasteiger partial charge in [0, 0.05) is 13.0 Å². The average molecular weight is 465 g/mol. The quantitative estimate of drug-likeness (QED) is 0.324. The summed E-state index contributed by atoms with van der Waals surface area (Å²) in [5, 5.41) is 5.83. The molecule has 0 saturated heterocycles. The fourth-order valence-corrected chi connectivity index (χ4v) is 3.74. The maximum absolute atomic E-state index is 13.1. The van der Waals surface area contributed by atoms with Crippen LogP contribution in [0.5, 0.6) is 5.75 Å². The van der Waals surface area contributed by atoms with Gasteiger partial charge < -0.3 is 15.4 Å². The maximum atomic E-state index is 13.1. The molecule has 0 atom stereocenters. The number of carbonyl (C=O) groups is 2. The second kappa shape index (κ2) is 12.2. The first-order valence-corrected chi connectivity index (χ1v) is 11.7. The molecule has 4 aromatic carbocycles. The maximum Gasteiger partial charge on any atom is 0.259 e. The molecule has 35 heavy (non-hydrogen) atoms. The molecule has 0 radical (unpaired) electrons. The van der Waals surface area contributed by atoms with Crippen molar-refractivity contribution in [2.45, 2.75) is 12.8 Å². The lowest BCUT2D eigenvalue weighted by Crippen LogP contribution is -2.27. The molecule has 0 aliphatic carbocycles. The van der Waals surface area contributed by atoms with E-state index in [1.165, 1.54) is 5.56 Å². The van der Waals surface area contributed by atoms with E-state index in [9.17, 15) is 9.59 Å². The van der Waals surface area contributed by atoms with E-state index in [0.29, 0.717) is 35.7 Å². The number of ether oxygens (including phenoxy) is 1. The van der Waals surface area contributed by atoms with Gasteiger partial charge in [0.25, 0.3) is 11.8 Å². The highest BCUT2D eigenvalue weighted by molar-refractivity contribution is 6.10. The Morgan fingerprint density at radius 3 is 1.89 bits per heavy atom. The van der Waals surface area contributed by atoms with E-state index < -0.39 is 0 Å². The fourth-order valence-electron chi connectivity index (χ4n) is 3.74. The summed E-state index contributed by atoms with van der Waals surface area (Å²) in [5.41, 5.74) is 3.60. The molecule has 0 aromatic heterocycles. The van der Waals surface area contributed by atoms with Crippen molar-refractivity contribution in [2.24, 2.45) is 0 Å². The van der Waals surface area contributed by atoms with Crippen LogP contribution in [0.1, 0.15) is 31.8 Å². The van der Waals surface area contributed by atoms with Crippen molar-refractivity contribution in [1.82, 2.24) is 5.32 Å². The Kier molecular flexibility index (Phi) is 8.28. The Labute approximate surface area is 205 Å². The summed E-state index contributed by atoms with van der Waals surface area (Å²) in [5.74, 6) is -0.0557. The predicted molar refractivity (Wildman–Crippen MR) is 139 cm³/mol. The molecule has 0 saturated carbocycles. The monoisotopic (exact) mass is 464 g/mol. The van der Waals surface area contributed by atoms with E-state index in [-0.39, 0.29) is 11.8 Å². The second-order valence-corrected chi connectivity index (χ2v) is 8.07. The van der Waals surface area contributed by atoms with Crippen LogP contribution in [-0.2, 0) is 12.8 Å². The number of hydrogen-bond acceptors (Lipinski definition) is 3. The molecule has 0 spiro atoms. The number of amides is 2. The molecule has 0 heterocycles. The lowest BCUT2D eigenvalue weighted by Gasteiger charge is -2.14. The molecule has 5 nitrogen and oxygen atoms in total. The van der Waals surface area contributed by atoms with Crippen LogP contribution in [0.4, 0.5) is 5.69 Å². The van der Waals surface area contributed by atoms with E-state index in [4.69, 9.17) is 4.74 Å². The Morgan fingerprint density at radius 2 is 1.17 bits per heavy atom. The van der Waals surface area contributed by atoms with Crippen molar-refractivity contribution in [3.8, 4) is 5.75 Å². The molecule has 176 valence electrons. The summed E-state index contributed by atoms with van der Waals surface area (Å²) >= 11 is 0. The van der Waals surface area contributed by atoms with Crippen LogP contribution in [0.15, 0.2) is 109 Å². The lowest BCUT2D eigenvalue weighted by molar-refractivity contribution is 0.0955. The van der Waals surface area contributed by atoms with Crippen molar-refractivity contribution < 1.29 is 14.3 Å². The third-order valence-corrected chi connectivity index (χ3v) is 5.58. The van der Waals surface area contributed by atoms with Gasteiger partial charge in [0.2, 0.25) is 0 Å². The molecule has 0 unspecified atom stereocenters. The van der Waals surface area contributed by atoms with Crippen LogP contribution in [0, 0.1) is 0 Å². The van der Waals surface area contributed by atoms with E-state index >= 15 is 0 Å². The highest BCUT2D eigenvalue weighted by atomic mass is 16.5. The number of hydrogen-bond donors (Lipinski definition) is 2. The molecule has 2 N–H and O–H groups in total. The molecule has 2 amide bonds. The van der Waals surface area contributed by atoms with Gasteiger partial charge >= 0.3 is 0 Å². The number of nitrogens with one attached hydrogen (secondary N) is 2. The third kappa shape index (κ3) is 6.81. The smallest absolute Gasteiger partial charge is 0.259 e. The molecule has 4 rings (SSSR count). The SMILES string of the molecule is O=C(NCCc1ccccc1)c1ccccc1NC(=O)c1ccccc1OCCc1ccccc1. The largest absolute Gasteiger partial charge is 0.492 e. The Bertz CT molecular complexity index is 1260. The molecule has 4 aromatic rings. The normalized spacial score (nSPS) is 10.4. The number of para-hydroxylation sites is 2. The lowest BCUT2D eigenvalue weighted by atomic mass is 10.1. The Hall–Kier alpha value is -4.38. The van der Waals surface area contributed by atoms with Crippen LogP contribution in [0.3, 0.4) is 0 Å². The van der Waals surface area contributed by atoms with Crippen molar-refractivity contribution in [2.75, 3.05) is 18.5 Å². The summed E-state index contributed by atoms with van der Waals surface area (Å²) in [6.07, 6.45) is 1.47. The Balaban J connectivity index is 1.39. The van der Waals surface area contributed by atoms with Gasteiger partial charge in [-0.15, -0.1) is 0 Å². The predicted octanol–water partition coefficient (Wildman–Crippen LogP) is 5.53. The summed E-state index contributed by atoms with van der Waals surface area (Å²) in [6.45, 7) is 0.956. The van der Waals surface area contributed by atoms with E-state index in [1.54, 1.807) is 42.5 Å². The van der Waals surface area contributed by atoms with E-state index in [2.05, 4.69) is 10.6 Å². The van der Waals surface area contributed by atoms with Crippen molar-refractivity contribution in [1.29, 1.82) is 0 Å². The zero-order chi connectivity index (χ0) is 24.3. The number of rotatable bonds is 10. The summed E-state index contributed by atoms with van der Waals surface area (Å²) in [7, 11) is 0. The van der Waals surface area contributed by atoms with Crippen LogP contribution in [0.2, 0.25) is 0 Å². The summed E-state index contributed by atoms with van der Waals surface area (Å²) in [4.78, 5) is 25.9. The first-order chi connectivity index (χ1) is 17.2. The van der Waals surface area contributed by atoms with Crippen molar-refractivity contribution in [3.05, 3.63) is 131 Å². The van der Waals surface area contributed by atoms with Gasteiger partial charge in [0.15, 0.2) is 0 Å². The average Bonchev–Trinajstić information content (AvgIpc) is 2.90.